The van der Waals surface area contributed by atoms with E-state index in [-0.39, 0.29) is 6.61 Å². The summed E-state index contributed by atoms with van der Waals surface area (Å²) in [6.07, 6.45) is -5.05. The van der Waals surface area contributed by atoms with Crippen LogP contribution in [-0.4, -0.2) is 73.9 Å². The predicted octanol–water partition coefficient (Wildman–Crippen LogP) is 0.968. The Balaban J connectivity index is 2.38. The minimum absolute atomic E-state index is 0.340. The Hall–Kier alpha value is -3.67. The first-order valence-corrected chi connectivity index (χ1v) is 10.4. The zero-order valence-electron chi connectivity index (χ0n) is 19.5. The van der Waals surface area contributed by atoms with Crippen molar-refractivity contribution < 1.29 is 47.7 Å². The molecule has 0 spiro atoms. The molecule has 1 aromatic carbocycles. The van der Waals surface area contributed by atoms with Crippen LogP contribution in [0.2, 0.25) is 0 Å². The van der Waals surface area contributed by atoms with Gasteiger partial charge < -0.3 is 34.3 Å². The van der Waals surface area contributed by atoms with Gasteiger partial charge in [0.1, 0.15) is 30.6 Å². The van der Waals surface area contributed by atoms with E-state index in [1.54, 1.807) is 24.3 Å². The summed E-state index contributed by atoms with van der Waals surface area (Å²) in [6, 6.07) is 4.62. The number of Topliss-reactive ketones (excluding diaryl/α,β-unsaturated/α-hetero) is 1. The normalized spacial score (nSPS) is 23.7. The van der Waals surface area contributed by atoms with E-state index in [2.05, 4.69) is 10.6 Å². The van der Waals surface area contributed by atoms with Crippen LogP contribution in [0.3, 0.4) is 0 Å². The summed E-state index contributed by atoms with van der Waals surface area (Å²) < 4.78 is 26.6. The number of amides is 2. The van der Waals surface area contributed by atoms with Crippen molar-refractivity contribution in [2.75, 3.05) is 19.0 Å². The van der Waals surface area contributed by atoms with Crippen molar-refractivity contribution in [2.24, 2.45) is 0 Å². The van der Waals surface area contributed by atoms with Gasteiger partial charge in [-0.3, -0.25) is 19.2 Å². The first-order chi connectivity index (χ1) is 16.0. The molecule has 2 amide bonds. The number of hydrogen-bond donors (Lipinski definition) is 2. The van der Waals surface area contributed by atoms with Gasteiger partial charge in [-0.15, -0.1) is 0 Å². The number of esters is 3. The zero-order valence-corrected chi connectivity index (χ0v) is 19.5. The average molecular weight is 480 g/mol. The van der Waals surface area contributed by atoms with Gasteiger partial charge in [-0.1, -0.05) is 12.1 Å². The Labute approximate surface area is 196 Å². The van der Waals surface area contributed by atoms with Crippen LogP contribution >= 0.6 is 0 Å². The largest absolute Gasteiger partial charge is 0.495 e. The molecule has 0 unspecified atom stereocenters. The van der Waals surface area contributed by atoms with Gasteiger partial charge in [-0.05, 0) is 19.1 Å². The molecular weight excluding hydrogens is 452 g/mol. The quantitative estimate of drug-likeness (QED) is 0.406. The van der Waals surface area contributed by atoms with Gasteiger partial charge in [-0.2, -0.15) is 0 Å². The van der Waals surface area contributed by atoms with E-state index in [4.69, 9.17) is 23.7 Å². The molecule has 2 rings (SSSR count). The number of nitrogens with one attached hydrogen (secondary N) is 2. The summed E-state index contributed by atoms with van der Waals surface area (Å²) in [5, 5.41) is 5.16. The van der Waals surface area contributed by atoms with Crippen molar-refractivity contribution in [1.82, 2.24) is 5.32 Å². The second kappa shape index (κ2) is 12.0. The number of ketones is 1. The third-order valence-corrected chi connectivity index (χ3v) is 4.80. The van der Waals surface area contributed by atoms with Crippen LogP contribution in [0.1, 0.15) is 27.7 Å². The number of benzene rings is 1. The molecule has 0 radical (unpaired) electrons. The highest BCUT2D eigenvalue weighted by Gasteiger charge is 2.52. The predicted molar refractivity (Wildman–Crippen MR) is 116 cm³/mol. The third kappa shape index (κ3) is 7.17. The molecule has 0 aliphatic carbocycles. The summed E-state index contributed by atoms with van der Waals surface area (Å²) >= 11 is 0. The van der Waals surface area contributed by atoms with Crippen LogP contribution in [0.25, 0.3) is 0 Å². The molecule has 0 aromatic heterocycles. The highest BCUT2D eigenvalue weighted by Crippen LogP contribution is 2.28. The van der Waals surface area contributed by atoms with Gasteiger partial charge >= 0.3 is 23.9 Å². The molecule has 1 fully saturated rings. The van der Waals surface area contributed by atoms with E-state index in [0.29, 0.717) is 11.4 Å². The van der Waals surface area contributed by atoms with Gasteiger partial charge in [-0.25, -0.2) is 4.79 Å². The SMILES string of the molecule is COc1ccccc1NC(=O)N[C@@H]1[C@@H](OC(C)=O)[C@H](OC(C)=O)[C@@H](COC(C)=O)O[C@@H]1C(C)=O. The van der Waals surface area contributed by atoms with Gasteiger partial charge in [0.15, 0.2) is 18.0 Å². The fourth-order valence-corrected chi connectivity index (χ4v) is 3.50. The summed E-state index contributed by atoms with van der Waals surface area (Å²) in [5.74, 6) is -2.25. The van der Waals surface area contributed by atoms with Crippen molar-refractivity contribution in [3.63, 3.8) is 0 Å². The standard InChI is InChI=1S/C22H28N2O10/c1-11(25)19-18(24-22(29)23-15-8-6-7-9-16(15)30-5)21(33-14(4)28)20(32-13(3)27)17(34-19)10-31-12(2)26/h6-9,17-21H,10H2,1-5H3,(H2,23,24,29)/t17-,18+,19-,20-,21-/m1/s1. The Morgan fingerprint density at radius 1 is 0.912 bits per heavy atom. The van der Waals surface area contributed by atoms with E-state index in [0.717, 1.165) is 13.8 Å². The number of urea groups is 1. The van der Waals surface area contributed by atoms with E-state index in [9.17, 15) is 24.0 Å². The van der Waals surface area contributed by atoms with Crippen LogP contribution in [0, 0.1) is 0 Å². The summed E-state index contributed by atoms with van der Waals surface area (Å²) in [7, 11) is 1.43. The molecule has 1 aliphatic heterocycles. The van der Waals surface area contributed by atoms with Crippen molar-refractivity contribution in [2.45, 2.75) is 58.2 Å². The Morgan fingerprint density at radius 2 is 1.53 bits per heavy atom. The maximum absolute atomic E-state index is 12.8. The zero-order chi connectivity index (χ0) is 25.4. The maximum Gasteiger partial charge on any atom is 0.319 e. The lowest BCUT2D eigenvalue weighted by molar-refractivity contribution is -0.220. The van der Waals surface area contributed by atoms with Gasteiger partial charge in [0, 0.05) is 20.8 Å². The fourth-order valence-electron chi connectivity index (χ4n) is 3.50. The third-order valence-electron chi connectivity index (χ3n) is 4.80. The lowest BCUT2D eigenvalue weighted by Gasteiger charge is -2.44. The van der Waals surface area contributed by atoms with E-state index in [1.807, 2.05) is 0 Å². The van der Waals surface area contributed by atoms with Gasteiger partial charge in [0.05, 0.1) is 12.8 Å². The topological polar surface area (TPSA) is 156 Å². The number of carbonyl (C=O) groups excluding carboxylic acids is 5. The first kappa shape index (κ1) is 26.6. The lowest BCUT2D eigenvalue weighted by atomic mass is 9.90. The molecule has 2 N–H and O–H groups in total. The van der Waals surface area contributed by atoms with Crippen molar-refractivity contribution >= 4 is 35.4 Å². The monoisotopic (exact) mass is 480 g/mol. The van der Waals surface area contributed by atoms with Crippen molar-refractivity contribution in [3.8, 4) is 5.75 Å². The molecule has 1 aromatic rings. The number of hydrogen-bond acceptors (Lipinski definition) is 10. The van der Waals surface area contributed by atoms with Crippen molar-refractivity contribution in [1.29, 1.82) is 0 Å². The Kier molecular flexibility index (Phi) is 9.36. The second-order valence-corrected chi connectivity index (χ2v) is 7.48. The number of methoxy groups -OCH3 is 1. The second-order valence-electron chi connectivity index (χ2n) is 7.48. The highest BCUT2D eigenvalue weighted by atomic mass is 16.6. The number of ether oxygens (including phenoxy) is 5. The molecule has 5 atom stereocenters. The smallest absolute Gasteiger partial charge is 0.319 e. The van der Waals surface area contributed by atoms with E-state index < -0.39 is 60.2 Å². The Morgan fingerprint density at radius 3 is 2.09 bits per heavy atom. The van der Waals surface area contributed by atoms with Crippen molar-refractivity contribution in [3.05, 3.63) is 24.3 Å². The van der Waals surface area contributed by atoms with Crippen LogP contribution in [0.15, 0.2) is 24.3 Å². The maximum atomic E-state index is 12.8. The van der Waals surface area contributed by atoms with E-state index >= 15 is 0 Å². The first-order valence-electron chi connectivity index (χ1n) is 10.4. The molecule has 1 aliphatic rings. The molecule has 0 bridgehead atoms. The number of rotatable bonds is 8. The molecule has 12 nitrogen and oxygen atoms in total. The average Bonchev–Trinajstić information content (AvgIpc) is 2.74. The molecule has 186 valence electrons. The summed E-state index contributed by atoms with van der Waals surface area (Å²) in [6.45, 7) is 4.26. The molecular formula is C22H28N2O10. The summed E-state index contributed by atoms with van der Waals surface area (Å²) in [4.78, 5) is 60.2. The number of para-hydroxylation sites is 2. The van der Waals surface area contributed by atoms with Crippen LogP contribution < -0.4 is 15.4 Å². The molecule has 1 saturated heterocycles. The van der Waals surface area contributed by atoms with Crippen LogP contribution in [0.5, 0.6) is 5.75 Å². The van der Waals surface area contributed by atoms with Gasteiger partial charge in [0.25, 0.3) is 0 Å². The van der Waals surface area contributed by atoms with Crippen LogP contribution in [-0.2, 0) is 38.1 Å². The fraction of sp³-hybridized carbons (Fsp3) is 0.500. The lowest BCUT2D eigenvalue weighted by Crippen LogP contribution is -2.68. The highest BCUT2D eigenvalue weighted by molar-refractivity contribution is 5.92. The van der Waals surface area contributed by atoms with Crippen LogP contribution in [0.4, 0.5) is 10.5 Å². The molecule has 12 heteroatoms. The number of anilines is 1. The van der Waals surface area contributed by atoms with E-state index in [1.165, 1.54) is 21.0 Å². The summed E-state index contributed by atoms with van der Waals surface area (Å²) in [5.41, 5.74) is 0.340. The minimum Gasteiger partial charge on any atom is -0.495 e. The number of carbonyl (C=O) groups is 5. The molecule has 1 heterocycles. The Bertz CT molecular complexity index is 934. The molecule has 34 heavy (non-hydrogen) atoms. The van der Waals surface area contributed by atoms with Gasteiger partial charge in [0.2, 0.25) is 0 Å². The minimum atomic E-state index is -1.33. The molecule has 0 saturated carbocycles.